The molecule has 5 nitrogen and oxygen atoms in total. The van der Waals surface area contributed by atoms with Crippen LogP contribution >= 0.6 is 0 Å². The molecule has 0 radical (unpaired) electrons. The Morgan fingerprint density at radius 1 is 1.00 bits per heavy atom. The predicted octanol–water partition coefficient (Wildman–Crippen LogP) is 4.88. The fourth-order valence-corrected chi connectivity index (χ4v) is 3.13. The maximum Gasteiger partial charge on any atom is 0.416 e. The zero-order chi connectivity index (χ0) is 19.3. The van der Waals surface area contributed by atoms with Crippen LogP contribution in [0.2, 0.25) is 0 Å². The van der Waals surface area contributed by atoms with Gasteiger partial charge < -0.3 is 10.6 Å². The lowest BCUT2D eigenvalue weighted by Crippen LogP contribution is -2.20. The van der Waals surface area contributed by atoms with Crippen LogP contribution in [0.25, 0.3) is 0 Å². The molecule has 0 atom stereocenters. The van der Waals surface area contributed by atoms with Gasteiger partial charge in [0.15, 0.2) is 0 Å². The summed E-state index contributed by atoms with van der Waals surface area (Å²) in [6.07, 6.45) is 3.85. The summed E-state index contributed by atoms with van der Waals surface area (Å²) in [6, 6.07) is 6.17. The van der Waals surface area contributed by atoms with E-state index in [4.69, 9.17) is 0 Å². The second-order valence-electron chi connectivity index (χ2n) is 6.65. The van der Waals surface area contributed by atoms with Gasteiger partial charge in [-0.2, -0.15) is 13.2 Å². The van der Waals surface area contributed by atoms with Gasteiger partial charge in [-0.1, -0.05) is 25.7 Å². The molecule has 0 saturated heterocycles. The van der Waals surface area contributed by atoms with Crippen molar-refractivity contribution in [1.82, 2.24) is 9.97 Å². The Hall–Kier alpha value is -2.64. The zero-order valence-corrected chi connectivity index (χ0v) is 14.7. The predicted molar refractivity (Wildman–Crippen MR) is 96.5 cm³/mol. The lowest BCUT2D eigenvalue weighted by molar-refractivity contribution is -0.137. The number of aromatic nitrogens is 2. The van der Waals surface area contributed by atoms with E-state index in [2.05, 4.69) is 20.6 Å². The molecule has 2 N–H and O–H groups in total. The van der Waals surface area contributed by atoms with Gasteiger partial charge >= 0.3 is 6.18 Å². The summed E-state index contributed by atoms with van der Waals surface area (Å²) in [7, 11) is 0. The first-order valence-corrected chi connectivity index (χ1v) is 8.99. The van der Waals surface area contributed by atoms with E-state index < -0.39 is 17.6 Å². The minimum absolute atomic E-state index is 0.154. The fraction of sp³-hybridized carbons (Fsp3) is 0.421. The Morgan fingerprint density at radius 2 is 1.67 bits per heavy atom. The second kappa shape index (κ2) is 8.37. The van der Waals surface area contributed by atoms with Crippen LogP contribution in [-0.4, -0.2) is 21.9 Å². The van der Waals surface area contributed by atoms with Crippen LogP contribution in [0, 0.1) is 0 Å². The zero-order valence-electron chi connectivity index (χ0n) is 14.7. The monoisotopic (exact) mass is 378 g/mol. The minimum atomic E-state index is -4.41. The van der Waals surface area contributed by atoms with E-state index in [9.17, 15) is 18.0 Å². The van der Waals surface area contributed by atoms with Gasteiger partial charge in [0.2, 0.25) is 0 Å². The molecule has 1 aliphatic carbocycles. The molecule has 1 aliphatic rings. The van der Waals surface area contributed by atoms with Crippen molar-refractivity contribution in [3.8, 4) is 0 Å². The van der Waals surface area contributed by atoms with Crippen molar-refractivity contribution in [3.05, 3.63) is 47.9 Å². The molecular formula is C19H21F3N4O. The Balaban J connectivity index is 1.64. The van der Waals surface area contributed by atoms with E-state index in [1.165, 1.54) is 44.1 Å². The van der Waals surface area contributed by atoms with Crippen LogP contribution in [0.5, 0.6) is 0 Å². The molecule has 1 aromatic carbocycles. The molecular weight excluding hydrogens is 357 g/mol. The van der Waals surface area contributed by atoms with Gasteiger partial charge in [0, 0.05) is 17.8 Å². The lowest BCUT2D eigenvalue weighted by atomic mass is 10.1. The summed E-state index contributed by atoms with van der Waals surface area (Å²) >= 11 is 0. The van der Waals surface area contributed by atoms with Gasteiger partial charge in [-0.15, -0.1) is 0 Å². The molecule has 1 amide bonds. The molecule has 3 rings (SSSR count). The van der Waals surface area contributed by atoms with Crippen molar-refractivity contribution >= 4 is 17.4 Å². The van der Waals surface area contributed by atoms with Crippen molar-refractivity contribution in [1.29, 1.82) is 0 Å². The molecule has 0 aliphatic heterocycles. The first kappa shape index (κ1) is 19.1. The van der Waals surface area contributed by atoms with Gasteiger partial charge in [-0.25, -0.2) is 9.97 Å². The SMILES string of the molecule is O=C(Nc1ccc(C(F)(F)F)cc1)c1cc(NC2CCCCCC2)ncn1. The number of carbonyl (C=O) groups excluding carboxylic acids is 1. The molecule has 2 aromatic rings. The number of carbonyl (C=O) groups is 1. The number of alkyl halides is 3. The number of hydrogen-bond donors (Lipinski definition) is 2. The maximum absolute atomic E-state index is 12.6. The quantitative estimate of drug-likeness (QED) is 0.744. The molecule has 27 heavy (non-hydrogen) atoms. The van der Waals surface area contributed by atoms with E-state index in [0.29, 0.717) is 11.9 Å². The summed E-state index contributed by atoms with van der Waals surface area (Å²) in [5.41, 5.74) is -0.344. The number of benzene rings is 1. The molecule has 0 bridgehead atoms. The summed E-state index contributed by atoms with van der Waals surface area (Å²) in [6.45, 7) is 0. The largest absolute Gasteiger partial charge is 0.416 e. The molecule has 0 unspecified atom stereocenters. The third-order valence-electron chi connectivity index (χ3n) is 4.58. The molecule has 144 valence electrons. The van der Waals surface area contributed by atoms with Crippen LogP contribution in [0.1, 0.15) is 54.6 Å². The average Bonchev–Trinajstić information content (AvgIpc) is 2.90. The van der Waals surface area contributed by atoms with Crippen molar-refractivity contribution in [2.45, 2.75) is 50.7 Å². The first-order valence-electron chi connectivity index (χ1n) is 8.99. The van der Waals surface area contributed by atoms with E-state index in [1.54, 1.807) is 6.07 Å². The number of halogens is 3. The fourth-order valence-electron chi connectivity index (χ4n) is 3.13. The number of amides is 1. The summed E-state index contributed by atoms with van der Waals surface area (Å²) < 4.78 is 37.8. The summed E-state index contributed by atoms with van der Waals surface area (Å²) in [4.78, 5) is 20.5. The highest BCUT2D eigenvalue weighted by molar-refractivity contribution is 6.03. The smallest absolute Gasteiger partial charge is 0.367 e. The molecule has 8 heteroatoms. The number of nitrogens with one attached hydrogen (secondary N) is 2. The van der Waals surface area contributed by atoms with Crippen LogP contribution in [0.3, 0.4) is 0 Å². The molecule has 1 fully saturated rings. The van der Waals surface area contributed by atoms with E-state index in [-0.39, 0.29) is 11.4 Å². The molecule has 0 spiro atoms. The van der Waals surface area contributed by atoms with E-state index in [1.807, 2.05) is 0 Å². The van der Waals surface area contributed by atoms with Crippen molar-refractivity contribution in [2.24, 2.45) is 0 Å². The number of anilines is 2. The standard InChI is InChI=1S/C19H21F3N4O/c20-19(21,22)13-7-9-15(10-8-13)26-18(27)16-11-17(24-12-23-16)25-14-5-3-1-2-4-6-14/h7-12,14H,1-6H2,(H,26,27)(H,23,24,25). The molecule has 1 saturated carbocycles. The van der Waals surface area contributed by atoms with Gasteiger partial charge in [0.1, 0.15) is 17.8 Å². The van der Waals surface area contributed by atoms with Gasteiger partial charge in [0.25, 0.3) is 5.91 Å². The van der Waals surface area contributed by atoms with Gasteiger partial charge in [0.05, 0.1) is 5.56 Å². The van der Waals surface area contributed by atoms with Crippen LogP contribution in [0.15, 0.2) is 36.7 Å². The Kier molecular flexibility index (Phi) is 5.93. The minimum Gasteiger partial charge on any atom is -0.367 e. The first-order chi connectivity index (χ1) is 12.9. The van der Waals surface area contributed by atoms with E-state index >= 15 is 0 Å². The Bertz CT molecular complexity index is 769. The van der Waals surface area contributed by atoms with Gasteiger partial charge in [-0.05, 0) is 37.1 Å². The normalized spacial score (nSPS) is 15.8. The van der Waals surface area contributed by atoms with E-state index in [0.717, 1.165) is 25.0 Å². The topological polar surface area (TPSA) is 66.9 Å². The van der Waals surface area contributed by atoms with Crippen molar-refractivity contribution < 1.29 is 18.0 Å². The number of hydrogen-bond acceptors (Lipinski definition) is 4. The highest BCUT2D eigenvalue weighted by atomic mass is 19.4. The van der Waals surface area contributed by atoms with Crippen LogP contribution in [-0.2, 0) is 6.18 Å². The average molecular weight is 378 g/mol. The third kappa shape index (κ3) is 5.42. The number of rotatable bonds is 4. The van der Waals surface area contributed by atoms with Crippen LogP contribution in [0.4, 0.5) is 24.7 Å². The highest BCUT2D eigenvalue weighted by Crippen LogP contribution is 2.30. The lowest BCUT2D eigenvalue weighted by Gasteiger charge is -2.17. The number of nitrogens with zero attached hydrogens (tertiary/aromatic N) is 2. The van der Waals surface area contributed by atoms with Crippen molar-refractivity contribution in [2.75, 3.05) is 10.6 Å². The Labute approximate surface area is 155 Å². The maximum atomic E-state index is 12.6. The Morgan fingerprint density at radius 3 is 2.30 bits per heavy atom. The summed E-state index contributed by atoms with van der Waals surface area (Å²) in [5, 5.41) is 5.90. The summed E-state index contributed by atoms with van der Waals surface area (Å²) in [5.74, 6) is 0.0792. The van der Waals surface area contributed by atoms with Gasteiger partial charge in [-0.3, -0.25) is 4.79 Å². The van der Waals surface area contributed by atoms with Crippen LogP contribution < -0.4 is 10.6 Å². The highest BCUT2D eigenvalue weighted by Gasteiger charge is 2.30. The third-order valence-corrected chi connectivity index (χ3v) is 4.58. The molecule has 1 aromatic heterocycles. The van der Waals surface area contributed by atoms with Crippen molar-refractivity contribution in [3.63, 3.8) is 0 Å². The molecule has 1 heterocycles. The second-order valence-corrected chi connectivity index (χ2v) is 6.65.